The zero-order chi connectivity index (χ0) is 9.03. The fourth-order valence-corrected chi connectivity index (χ4v) is 1.98. The van der Waals surface area contributed by atoms with E-state index in [4.69, 9.17) is 0 Å². The molecule has 0 heterocycles. The highest BCUT2D eigenvalue weighted by molar-refractivity contribution is 4.96. The Bertz CT molecular complexity index is 126. The van der Waals surface area contributed by atoms with E-state index in [2.05, 4.69) is 19.2 Å². The first kappa shape index (κ1) is 10.0. The molecule has 1 atom stereocenters. The fourth-order valence-electron chi connectivity index (χ4n) is 1.98. The summed E-state index contributed by atoms with van der Waals surface area (Å²) < 4.78 is 0. The second kappa shape index (κ2) is 4.24. The second-order valence-corrected chi connectivity index (χ2v) is 4.13. The van der Waals surface area contributed by atoms with Gasteiger partial charge in [-0.25, -0.2) is 0 Å². The van der Waals surface area contributed by atoms with Crippen molar-refractivity contribution < 1.29 is 5.11 Å². The van der Waals surface area contributed by atoms with Crippen LogP contribution in [0.15, 0.2) is 0 Å². The van der Waals surface area contributed by atoms with Gasteiger partial charge in [-0.1, -0.05) is 13.3 Å². The van der Waals surface area contributed by atoms with Gasteiger partial charge >= 0.3 is 0 Å². The number of rotatable bonds is 5. The van der Waals surface area contributed by atoms with E-state index in [1.54, 1.807) is 0 Å². The van der Waals surface area contributed by atoms with Gasteiger partial charge in [0.05, 0.1) is 6.61 Å². The zero-order valence-corrected chi connectivity index (χ0v) is 8.27. The smallest absolute Gasteiger partial charge is 0.0613 e. The summed E-state index contributed by atoms with van der Waals surface area (Å²) in [5.41, 5.74) is 0.0919. The standard InChI is InChI=1S/C10H21NO/c1-3-5-9(2)11-10(8-12)6-4-7-10/h9,11-12H,3-8H2,1-2H3. The lowest BCUT2D eigenvalue weighted by molar-refractivity contribution is 0.0775. The minimum atomic E-state index is 0.0919. The molecule has 0 amide bonds. The lowest BCUT2D eigenvalue weighted by atomic mass is 9.77. The Labute approximate surface area is 75.4 Å². The molecule has 0 saturated heterocycles. The van der Waals surface area contributed by atoms with Crippen LogP contribution in [0.25, 0.3) is 0 Å². The second-order valence-electron chi connectivity index (χ2n) is 4.13. The normalized spacial score (nSPS) is 23.2. The molecule has 0 aromatic rings. The third kappa shape index (κ3) is 2.20. The molecule has 0 spiro atoms. The van der Waals surface area contributed by atoms with E-state index >= 15 is 0 Å². The maximum atomic E-state index is 9.19. The molecule has 2 heteroatoms. The first-order valence-corrected chi connectivity index (χ1v) is 5.11. The number of aliphatic hydroxyl groups excluding tert-OH is 1. The van der Waals surface area contributed by atoms with Gasteiger partial charge in [0.25, 0.3) is 0 Å². The molecule has 1 rings (SSSR count). The highest BCUT2D eigenvalue weighted by Crippen LogP contribution is 2.31. The molecule has 72 valence electrons. The quantitative estimate of drug-likeness (QED) is 0.659. The van der Waals surface area contributed by atoms with Gasteiger partial charge in [0.2, 0.25) is 0 Å². The summed E-state index contributed by atoms with van der Waals surface area (Å²) in [6.45, 7) is 4.71. The third-order valence-corrected chi connectivity index (χ3v) is 2.89. The molecule has 0 bridgehead atoms. The summed E-state index contributed by atoms with van der Waals surface area (Å²) in [5.74, 6) is 0. The van der Waals surface area contributed by atoms with Crippen molar-refractivity contribution in [1.29, 1.82) is 0 Å². The minimum absolute atomic E-state index is 0.0919. The summed E-state index contributed by atoms with van der Waals surface area (Å²) in [4.78, 5) is 0. The Morgan fingerprint density at radius 3 is 2.50 bits per heavy atom. The monoisotopic (exact) mass is 171 g/mol. The predicted molar refractivity (Wildman–Crippen MR) is 51.2 cm³/mol. The molecule has 0 aromatic heterocycles. The predicted octanol–water partition coefficient (Wildman–Crippen LogP) is 1.68. The molecule has 0 radical (unpaired) electrons. The van der Waals surface area contributed by atoms with Gasteiger partial charge in [-0.2, -0.15) is 0 Å². The molecule has 1 unspecified atom stereocenters. The Kier molecular flexibility index (Phi) is 3.53. The average Bonchev–Trinajstić information content (AvgIpc) is 1.97. The van der Waals surface area contributed by atoms with Crippen molar-refractivity contribution in [3.63, 3.8) is 0 Å². The molecule has 2 nitrogen and oxygen atoms in total. The molecule has 1 saturated carbocycles. The fraction of sp³-hybridized carbons (Fsp3) is 1.00. The number of nitrogens with one attached hydrogen (secondary N) is 1. The maximum Gasteiger partial charge on any atom is 0.0613 e. The van der Waals surface area contributed by atoms with Crippen LogP contribution in [0.4, 0.5) is 0 Å². The van der Waals surface area contributed by atoms with E-state index in [9.17, 15) is 5.11 Å². The SMILES string of the molecule is CCCC(C)NC1(CO)CCC1. The van der Waals surface area contributed by atoms with Gasteiger partial charge < -0.3 is 10.4 Å². The van der Waals surface area contributed by atoms with Crippen molar-refractivity contribution in [2.75, 3.05) is 6.61 Å². The van der Waals surface area contributed by atoms with Crippen molar-refractivity contribution in [3.8, 4) is 0 Å². The van der Waals surface area contributed by atoms with Crippen molar-refractivity contribution in [2.45, 2.75) is 57.5 Å². The third-order valence-electron chi connectivity index (χ3n) is 2.89. The van der Waals surface area contributed by atoms with Crippen LogP contribution in [-0.4, -0.2) is 23.3 Å². The van der Waals surface area contributed by atoms with Crippen molar-refractivity contribution in [2.24, 2.45) is 0 Å². The molecule has 0 aliphatic heterocycles. The highest BCUT2D eigenvalue weighted by atomic mass is 16.3. The molecule has 2 N–H and O–H groups in total. The number of aliphatic hydroxyl groups is 1. The van der Waals surface area contributed by atoms with Crippen molar-refractivity contribution in [3.05, 3.63) is 0 Å². The lowest BCUT2D eigenvalue weighted by Crippen LogP contribution is -2.56. The van der Waals surface area contributed by atoms with Crippen LogP contribution in [-0.2, 0) is 0 Å². The van der Waals surface area contributed by atoms with Gasteiger partial charge in [0.1, 0.15) is 0 Å². The van der Waals surface area contributed by atoms with E-state index in [1.807, 2.05) is 0 Å². The molecule has 1 aliphatic rings. The number of hydrogen-bond donors (Lipinski definition) is 2. The van der Waals surface area contributed by atoms with Crippen molar-refractivity contribution in [1.82, 2.24) is 5.32 Å². The molecular weight excluding hydrogens is 150 g/mol. The summed E-state index contributed by atoms with van der Waals surface area (Å²) in [6, 6.07) is 0.558. The van der Waals surface area contributed by atoms with E-state index < -0.39 is 0 Å². The van der Waals surface area contributed by atoms with Gasteiger partial charge in [-0.15, -0.1) is 0 Å². The Morgan fingerprint density at radius 2 is 2.17 bits per heavy atom. The van der Waals surface area contributed by atoms with Crippen LogP contribution in [0, 0.1) is 0 Å². The van der Waals surface area contributed by atoms with Crippen LogP contribution in [0.5, 0.6) is 0 Å². The number of hydrogen-bond acceptors (Lipinski definition) is 2. The van der Waals surface area contributed by atoms with Gasteiger partial charge in [0, 0.05) is 11.6 Å². The Hall–Kier alpha value is -0.0800. The zero-order valence-electron chi connectivity index (χ0n) is 8.27. The average molecular weight is 171 g/mol. The van der Waals surface area contributed by atoms with Crippen molar-refractivity contribution >= 4 is 0 Å². The van der Waals surface area contributed by atoms with Gasteiger partial charge in [-0.3, -0.25) is 0 Å². The summed E-state index contributed by atoms with van der Waals surface area (Å²) in [7, 11) is 0. The molecule has 1 aliphatic carbocycles. The van der Waals surface area contributed by atoms with E-state index in [-0.39, 0.29) is 5.54 Å². The Balaban J connectivity index is 2.27. The topological polar surface area (TPSA) is 32.3 Å². The lowest BCUT2D eigenvalue weighted by Gasteiger charge is -2.43. The largest absolute Gasteiger partial charge is 0.394 e. The Morgan fingerprint density at radius 1 is 1.50 bits per heavy atom. The van der Waals surface area contributed by atoms with E-state index in [0.29, 0.717) is 12.6 Å². The van der Waals surface area contributed by atoms with Crippen LogP contribution in [0.2, 0.25) is 0 Å². The van der Waals surface area contributed by atoms with E-state index in [0.717, 1.165) is 12.8 Å². The maximum absolute atomic E-state index is 9.19. The first-order chi connectivity index (χ1) is 5.72. The minimum Gasteiger partial charge on any atom is -0.394 e. The summed E-state index contributed by atoms with van der Waals surface area (Å²) in [5, 5.41) is 12.7. The first-order valence-electron chi connectivity index (χ1n) is 5.11. The van der Waals surface area contributed by atoms with Crippen LogP contribution in [0.1, 0.15) is 46.0 Å². The molecule has 0 aromatic carbocycles. The van der Waals surface area contributed by atoms with Crippen LogP contribution in [0.3, 0.4) is 0 Å². The highest BCUT2D eigenvalue weighted by Gasteiger charge is 2.36. The molecular formula is C10H21NO. The van der Waals surface area contributed by atoms with Crippen LogP contribution >= 0.6 is 0 Å². The van der Waals surface area contributed by atoms with E-state index in [1.165, 1.54) is 19.3 Å². The van der Waals surface area contributed by atoms with Crippen LogP contribution < -0.4 is 5.32 Å². The summed E-state index contributed by atoms with van der Waals surface area (Å²) in [6.07, 6.45) is 6.00. The molecule has 12 heavy (non-hydrogen) atoms. The molecule has 1 fully saturated rings. The van der Waals surface area contributed by atoms with Gasteiger partial charge in [0.15, 0.2) is 0 Å². The summed E-state index contributed by atoms with van der Waals surface area (Å²) >= 11 is 0. The van der Waals surface area contributed by atoms with Gasteiger partial charge in [-0.05, 0) is 32.6 Å².